The first-order valence-electron chi connectivity index (χ1n) is 10.6. The average molecular weight is 536 g/mol. The molecule has 186 valence electrons. The molecule has 1 aliphatic heterocycles. The number of amides is 2. The summed E-state index contributed by atoms with van der Waals surface area (Å²) >= 11 is 6.90. The minimum absolute atomic E-state index is 0.0131. The van der Waals surface area contributed by atoms with Crippen LogP contribution in [0.15, 0.2) is 77.8 Å². The van der Waals surface area contributed by atoms with Gasteiger partial charge in [0, 0.05) is 17.1 Å². The number of carbonyl (C=O) groups is 2. The summed E-state index contributed by atoms with van der Waals surface area (Å²) in [5.41, 5.74) is 0.167. The second-order valence-corrected chi connectivity index (χ2v) is 9.46. The highest BCUT2D eigenvalue weighted by atomic mass is 35.5. The van der Waals surface area contributed by atoms with E-state index in [2.05, 4.69) is 10.3 Å². The summed E-state index contributed by atoms with van der Waals surface area (Å²) in [6, 6.07) is 16.3. The molecular formula is C25H18ClF4N3O2S. The molecular weight excluding hydrogens is 518 g/mol. The second-order valence-electron chi connectivity index (χ2n) is 7.86. The lowest BCUT2D eigenvalue weighted by Gasteiger charge is -2.32. The van der Waals surface area contributed by atoms with E-state index < -0.39 is 34.6 Å². The Morgan fingerprint density at radius 1 is 1.08 bits per heavy atom. The van der Waals surface area contributed by atoms with Gasteiger partial charge in [0.25, 0.3) is 0 Å². The highest BCUT2D eigenvalue weighted by Gasteiger charge is 2.36. The molecule has 1 aliphatic rings. The van der Waals surface area contributed by atoms with E-state index in [0.29, 0.717) is 10.7 Å². The first-order chi connectivity index (χ1) is 17.1. The quantitative estimate of drug-likeness (QED) is 0.372. The first-order valence-corrected chi connectivity index (χ1v) is 11.9. The fourth-order valence-electron chi connectivity index (χ4n) is 3.39. The second kappa shape index (κ2) is 10.7. The summed E-state index contributed by atoms with van der Waals surface area (Å²) in [4.78, 5) is 31.6. The predicted octanol–water partition coefficient (Wildman–Crippen LogP) is 6.66. The molecule has 0 radical (unpaired) electrons. The van der Waals surface area contributed by atoms with E-state index in [4.69, 9.17) is 11.6 Å². The summed E-state index contributed by atoms with van der Waals surface area (Å²) in [5.74, 6) is -1.40. The van der Waals surface area contributed by atoms with Crippen molar-refractivity contribution in [3.05, 3.63) is 94.8 Å². The lowest BCUT2D eigenvalue weighted by molar-refractivity contribution is -0.137. The molecule has 3 aromatic carbocycles. The van der Waals surface area contributed by atoms with E-state index in [1.807, 2.05) is 0 Å². The van der Waals surface area contributed by atoms with Crippen LogP contribution in [0.2, 0.25) is 5.02 Å². The number of hydrogen-bond acceptors (Lipinski definition) is 4. The van der Waals surface area contributed by atoms with Gasteiger partial charge in [-0.05, 0) is 60.2 Å². The van der Waals surface area contributed by atoms with Gasteiger partial charge in [0.05, 0.1) is 17.8 Å². The van der Waals surface area contributed by atoms with Crippen molar-refractivity contribution in [2.75, 3.05) is 5.32 Å². The number of halogens is 5. The van der Waals surface area contributed by atoms with E-state index >= 15 is 0 Å². The number of carbonyl (C=O) groups excluding carboxylic acids is 2. The topological polar surface area (TPSA) is 61.8 Å². The number of nitrogens with zero attached hydrogens (tertiary/aromatic N) is 2. The highest BCUT2D eigenvalue weighted by molar-refractivity contribution is 8.15. The van der Waals surface area contributed by atoms with Crippen molar-refractivity contribution >= 4 is 51.7 Å². The van der Waals surface area contributed by atoms with E-state index in [1.54, 1.807) is 24.3 Å². The lowest BCUT2D eigenvalue weighted by Crippen LogP contribution is -2.44. The fourth-order valence-corrected chi connectivity index (χ4v) is 4.61. The van der Waals surface area contributed by atoms with Crippen LogP contribution in [0.3, 0.4) is 0 Å². The van der Waals surface area contributed by atoms with Crippen molar-refractivity contribution < 1.29 is 27.2 Å². The van der Waals surface area contributed by atoms with Gasteiger partial charge >= 0.3 is 6.18 Å². The fraction of sp³-hybridized carbons (Fsp3) is 0.160. The van der Waals surface area contributed by atoms with Crippen LogP contribution in [-0.4, -0.2) is 27.1 Å². The smallest absolute Gasteiger partial charge is 0.325 e. The van der Waals surface area contributed by atoms with Crippen LogP contribution in [0.1, 0.15) is 17.5 Å². The van der Waals surface area contributed by atoms with Gasteiger partial charge in [-0.3, -0.25) is 14.5 Å². The SMILES string of the molecule is O=C(Nc1ccc(F)cc1)C1CC(=O)N(Cc2ccc(Cl)cc2)C(=Nc2cccc(C(F)(F)F)c2)S1. The minimum atomic E-state index is -4.56. The molecule has 1 atom stereocenters. The number of alkyl halides is 3. The molecule has 0 saturated carbocycles. The maximum Gasteiger partial charge on any atom is 0.416 e. The number of rotatable bonds is 5. The molecule has 1 N–H and O–H groups in total. The van der Waals surface area contributed by atoms with Crippen molar-refractivity contribution in [1.29, 1.82) is 0 Å². The summed E-state index contributed by atoms with van der Waals surface area (Å²) in [6.45, 7) is 0.0904. The predicted molar refractivity (Wildman–Crippen MR) is 132 cm³/mol. The third kappa shape index (κ3) is 6.44. The molecule has 0 aliphatic carbocycles. The molecule has 2 amide bonds. The maximum absolute atomic E-state index is 13.2. The van der Waals surface area contributed by atoms with Gasteiger partial charge < -0.3 is 5.32 Å². The van der Waals surface area contributed by atoms with Crippen LogP contribution in [0, 0.1) is 5.82 Å². The van der Waals surface area contributed by atoms with Crippen LogP contribution in [0.25, 0.3) is 0 Å². The van der Waals surface area contributed by atoms with E-state index in [1.165, 1.54) is 41.3 Å². The van der Waals surface area contributed by atoms with Crippen molar-refractivity contribution in [1.82, 2.24) is 4.90 Å². The Kier molecular flexibility index (Phi) is 7.65. The van der Waals surface area contributed by atoms with Crippen LogP contribution in [0.5, 0.6) is 0 Å². The van der Waals surface area contributed by atoms with E-state index in [0.717, 1.165) is 29.5 Å². The van der Waals surface area contributed by atoms with Gasteiger partial charge in [-0.2, -0.15) is 13.2 Å². The first kappa shape index (κ1) is 25.7. The number of anilines is 1. The molecule has 1 saturated heterocycles. The molecule has 11 heteroatoms. The summed E-state index contributed by atoms with van der Waals surface area (Å²) in [7, 11) is 0. The Morgan fingerprint density at radius 3 is 2.44 bits per heavy atom. The largest absolute Gasteiger partial charge is 0.416 e. The zero-order valence-electron chi connectivity index (χ0n) is 18.4. The van der Waals surface area contributed by atoms with Crippen LogP contribution < -0.4 is 5.32 Å². The Balaban J connectivity index is 1.64. The maximum atomic E-state index is 13.2. The van der Waals surface area contributed by atoms with Gasteiger partial charge in [0.15, 0.2) is 5.17 Å². The monoisotopic (exact) mass is 535 g/mol. The number of nitrogens with one attached hydrogen (secondary N) is 1. The van der Waals surface area contributed by atoms with Gasteiger partial charge in [-0.15, -0.1) is 0 Å². The van der Waals surface area contributed by atoms with Crippen molar-refractivity contribution in [2.24, 2.45) is 4.99 Å². The third-order valence-corrected chi connectivity index (χ3v) is 6.64. The molecule has 1 heterocycles. The number of benzene rings is 3. The lowest BCUT2D eigenvalue weighted by atomic mass is 10.2. The van der Waals surface area contributed by atoms with E-state index in [9.17, 15) is 27.2 Å². The Morgan fingerprint density at radius 2 is 1.78 bits per heavy atom. The molecule has 36 heavy (non-hydrogen) atoms. The van der Waals surface area contributed by atoms with E-state index in [-0.39, 0.29) is 23.8 Å². The minimum Gasteiger partial charge on any atom is -0.325 e. The Bertz CT molecular complexity index is 1300. The summed E-state index contributed by atoms with van der Waals surface area (Å²) < 4.78 is 52.8. The molecule has 0 spiro atoms. The average Bonchev–Trinajstić information content (AvgIpc) is 2.83. The highest BCUT2D eigenvalue weighted by Crippen LogP contribution is 2.34. The zero-order chi connectivity index (χ0) is 25.9. The molecule has 5 nitrogen and oxygen atoms in total. The molecule has 4 rings (SSSR count). The molecule has 1 fully saturated rings. The standard InChI is InChI=1S/C25H18ClF4N3O2S/c26-17-6-4-15(5-7-17)14-33-22(34)13-21(23(35)31-19-10-8-18(27)9-11-19)36-24(33)32-20-3-1-2-16(12-20)25(28,29)30/h1-12,21H,13-14H2,(H,31,35). The van der Waals surface area contributed by atoms with Crippen LogP contribution in [0.4, 0.5) is 28.9 Å². The number of aliphatic imine (C=N–C) groups is 1. The van der Waals surface area contributed by atoms with Crippen molar-refractivity contribution in [3.8, 4) is 0 Å². The molecule has 0 aromatic heterocycles. The van der Waals surface area contributed by atoms with Gasteiger partial charge in [-0.1, -0.05) is 41.6 Å². The number of thioether (sulfide) groups is 1. The number of amidine groups is 1. The van der Waals surface area contributed by atoms with Gasteiger partial charge in [-0.25, -0.2) is 9.38 Å². The molecule has 1 unspecified atom stereocenters. The van der Waals surface area contributed by atoms with Crippen LogP contribution in [-0.2, 0) is 22.3 Å². The Labute approximate surface area is 213 Å². The normalized spacial score (nSPS) is 17.4. The van der Waals surface area contributed by atoms with Gasteiger partial charge in [0.1, 0.15) is 11.1 Å². The molecule has 0 bridgehead atoms. The summed E-state index contributed by atoms with van der Waals surface area (Å²) in [5, 5.41) is 2.32. The van der Waals surface area contributed by atoms with Crippen molar-refractivity contribution in [3.63, 3.8) is 0 Å². The van der Waals surface area contributed by atoms with Gasteiger partial charge in [0.2, 0.25) is 11.8 Å². The van der Waals surface area contributed by atoms with Crippen molar-refractivity contribution in [2.45, 2.75) is 24.4 Å². The van der Waals surface area contributed by atoms with Crippen LogP contribution >= 0.6 is 23.4 Å². The number of hydrogen-bond donors (Lipinski definition) is 1. The molecule has 3 aromatic rings. The third-order valence-electron chi connectivity index (χ3n) is 5.20. The zero-order valence-corrected chi connectivity index (χ0v) is 20.0. The Hall–Kier alpha value is -3.37. The summed E-state index contributed by atoms with van der Waals surface area (Å²) in [6.07, 6.45) is -4.72.